The highest BCUT2D eigenvalue weighted by Crippen LogP contribution is 2.44. The van der Waals surface area contributed by atoms with Crippen molar-refractivity contribution in [2.45, 2.75) is 5.60 Å². The van der Waals surface area contributed by atoms with Crippen molar-refractivity contribution in [1.82, 2.24) is 0 Å². The zero-order chi connectivity index (χ0) is 52.9. The van der Waals surface area contributed by atoms with Crippen molar-refractivity contribution in [3.05, 3.63) is 371 Å². The molecule has 0 amide bonds. The Labute approximate surface area is 458 Å². The Morgan fingerprint density at radius 3 is 1.17 bits per heavy atom. The van der Waals surface area contributed by atoms with Crippen molar-refractivity contribution < 1.29 is 15.8 Å². The number of benzene rings is 10. The zero-order valence-corrected chi connectivity index (χ0v) is 42.9. The topological polar surface area (TPSA) is 43.4 Å². The Kier molecular flexibility index (Phi) is 15.1. The number of fused-ring (bicyclic) bond motifs is 5. The Morgan fingerprint density at radius 2 is 0.731 bits per heavy atom. The second-order valence-electron chi connectivity index (χ2n) is 19.0. The lowest BCUT2D eigenvalue weighted by atomic mass is 9.83. The quantitative estimate of drug-likeness (QED) is 0.143. The van der Waals surface area contributed by atoms with E-state index in [0.717, 1.165) is 89.2 Å². The first-order chi connectivity index (χ1) is 38.5. The van der Waals surface area contributed by atoms with Crippen LogP contribution in [0, 0.1) is 0 Å². The number of carbonyl (C=O) groups excluding carboxylic acids is 2. The van der Waals surface area contributed by atoms with E-state index in [1.165, 1.54) is 10.8 Å². The van der Waals surface area contributed by atoms with Crippen LogP contribution in [0.5, 0.6) is 5.75 Å². The Hall–Kier alpha value is -10.2. The third-order valence-electron chi connectivity index (χ3n) is 14.1. The molecule has 0 fully saturated rings. The third-order valence-corrected chi connectivity index (χ3v) is 14.1. The van der Waals surface area contributed by atoms with Gasteiger partial charge in [0.05, 0.1) is 0 Å². The lowest BCUT2D eigenvalue weighted by molar-refractivity contribution is -0.110. The molecule has 0 unspecified atom stereocenters. The minimum atomic E-state index is -0.613. The highest BCUT2D eigenvalue weighted by molar-refractivity contribution is 6.31. The van der Waals surface area contributed by atoms with Crippen LogP contribution in [0.25, 0.3) is 51.3 Å². The van der Waals surface area contributed by atoms with Gasteiger partial charge in [0.25, 0.3) is 0 Å². The number of ketones is 2. The van der Waals surface area contributed by atoms with Crippen molar-refractivity contribution in [3.63, 3.8) is 0 Å². The van der Waals surface area contributed by atoms with Gasteiger partial charge in [-0.3, -0.25) is 9.59 Å². The van der Waals surface area contributed by atoms with Gasteiger partial charge < -0.3 is 4.74 Å². The maximum absolute atomic E-state index is 12.5. The predicted octanol–water partition coefficient (Wildman–Crippen LogP) is 18.0. The summed E-state index contributed by atoms with van der Waals surface area (Å²) in [6, 6.07) is 90.5. The smallest absolute Gasteiger partial charge is 0.186 e. The molecular formula is C75H56O3. The van der Waals surface area contributed by atoms with E-state index >= 15 is 0 Å². The van der Waals surface area contributed by atoms with Gasteiger partial charge in [0, 0.05) is 29.3 Å². The molecule has 0 spiro atoms. The molecule has 3 nitrogen and oxygen atoms in total. The van der Waals surface area contributed by atoms with Crippen LogP contribution in [-0.2, 0) is 15.2 Å². The van der Waals surface area contributed by atoms with E-state index in [4.69, 9.17) is 4.74 Å². The van der Waals surface area contributed by atoms with Gasteiger partial charge in [-0.15, -0.1) is 0 Å². The first kappa shape index (κ1) is 50.0. The number of hydrogen-bond donors (Lipinski definition) is 0. The van der Waals surface area contributed by atoms with Crippen LogP contribution in [0.15, 0.2) is 309 Å². The lowest BCUT2D eigenvalue weighted by Gasteiger charge is -2.36. The second-order valence-corrected chi connectivity index (χ2v) is 19.0. The molecule has 0 saturated carbocycles. The van der Waals surface area contributed by atoms with Gasteiger partial charge in [-0.2, -0.15) is 0 Å². The fourth-order valence-corrected chi connectivity index (χ4v) is 10.2. The summed E-state index contributed by atoms with van der Waals surface area (Å²) >= 11 is 0. The number of allylic oxidation sites excluding steroid dienone is 8. The van der Waals surface area contributed by atoms with Crippen LogP contribution < -0.4 is 4.74 Å². The molecule has 0 bridgehead atoms. The predicted molar refractivity (Wildman–Crippen MR) is 326 cm³/mol. The van der Waals surface area contributed by atoms with Gasteiger partial charge >= 0.3 is 0 Å². The summed E-state index contributed by atoms with van der Waals surface area (Å²) in [5.74, 6) is 1.000. The van der Waals surface area contributed by atoms with Crippen molar-refractivity contribution in [2.24, 2.45) is 0 Å². The lowest BCUT2D eigenvalue weighted by Crippen LogP contribution is -2.34. The Bertz CT molecular complexity index is 3690. The summed E-state index contributed by atoms with van der Waals surface area (Å²) in [4.78, 5) is 24.9. The van der Waals surface area contributed by atoms with Crippen LogP contribution in [0.1, 0.15) is 62.6 Å². The molecule has 78 heavy (non-hydrogen) atoms. The SMILES string of the molecule is C1=CC(c2ccccc2)(c2ccccc2)Oc2ccc3ccccc3c21.O=C1C=Cc2ccccc2/C1=C/C=C(c1ccccc1)c1ccccc1.O=C1C=Cc2ccccc2/C1=C\C=C(c1ccccc1)c1ccccc1.[2HH]. The molecular weight excluding hydrogens is 949 g/mol. The molecule has 3 heteroatoms. The van der Waals surface area contributed by atoms with Crippen molar-refractivity contribution >= 4 is 62.9 Å². The van der Waals surface area contributed by atoms with E-state index in [1.54, 1.807) is 12.2 Å². The average molecular weight is 1010 g/mol. The van der Waals surface area contributed by atoms with Gasteiger partial charge in [0.1, 0.15) is 5.75 Å². The zero-order valence-electron chi connectivity index (χ0n) is 42.9. The Balaban J connectivity index is 0.000000133. The fourth-order valence-electron chi connectivity index (χ4n) is 10.2. The highest BCUT2D eigenvalue weighted by atomic mass is 16.5. The summed E-state index contributed by atoms with van der Waals surface area (Å²) in [7, 11) is 0. The average Bonchev–Trinajstić information content (AvgIpc) is 3.58. The molecule has 1 heterocycles. The maximum atomic E-state index is 12.5. The van der Waals surface area contributed by atoms with Gasteiger partial charge in [-0.25, -0.2) is 0 Å². The maximum Gasteiger partial charge on any atom is 0.186 e. The number of ether oxygens (including phenoxy) is 1. The minimum absolute atomic E-state index is 0. The fraction of sp³-hybridized carbons (Fsp3) is 0.0133. The van der Waals surface area contributed by atoms with Crippen molar-refractivity contribution in [3.8, 4) is 5.75 Å². The summed E-state index contributed by atoms with van der Waals surface area (Å²) in [5.41, 5.74) is 15.1. The summed E-state index contributed by atoms with van der Waals surface area (Å²) in [6.45, 7) is 0. The molecule has 10 aromatic carbocycles. The van der Waals surface area contributed by atoms with E-state index in [2.05, 4.69) is 146 Å². The second kappa shape index (κ2) is 23.5. The molecule has 1 aliphatic heterocycles. The van der Waals surface area contributed by atoms with Gasteiger partial charge in [0.2, 0.25) is 0 Å². The normalized spacial score (nSPS) is 14.3. The largest absolute Gasteiger partial charge is 0.473 e. The molecule has 0 radical (unpaired) electrons. The van der Waals surface area contributed by atoms with E-state index < -0.39 is 5.60 Å². The first-order valence-corrected chi connectivity index (χ1v) is 26.2. The molecule has 0 N–H and O–H groups in total. The molecule has 3 aliphatic rings. The molecule has 10 aromatic rings. The minimum Gasteiger partial charge on any atom is -0.473 e. The first-order valence-electron chi connectivity index (χ1n) is 26.2. The molecule has 0 aromatic heterocycles. The third kappa shape index (κ3) is 10.9. The van der Waals surface area contributed by atoms with Crippen molar-refractivity contribution in [2.75, 3.05) is 0 Å². The number of carbonyl (C=O) groups is 2. The highest BCUT2D eigenvalue weighted by Gasteiger charge is 2.37. The molecule has 374 valence electrons. The van der Waals surface area contributed by atoms with Crippen molar-refractivity contribution in [1.29, 1.82) is 0 Å². The van der Waals surface area contributed by atoms with Gasteiger partial charge in [-0.1, -0.05) is 285 Å². The molecule has 13 rings (SSSR count). The van der Waals surface area contributed by atoms with E-state index in [0.29, 0.717) is 0 Å². The van der Waals surface area contributed by atoms with Crippen LogP contribution >= 0.6 is 0 Å². The van der Waals surface area contributed by atoms with Crippen LogP contribution in [-0.4, -0.2) is 11.6 Å². The van der Waals surface area contributed by atoms with E-state index in [1.807, 2.05) is 170 Å². The van der Waals surface area contributed by atoms with Crippen LogP contribution in [0.3, 0.4) is 0 Å². The van der Waals surface area contributed by atoms with E-state index in [-0.39, 0.29) is 13.0 Å². The monoisotopic (exact) mass is 1010 g/mol. The van der Waals surface area contributed by atoms with Gasteiger partial charge in [-0.05, 0) is 109 Å². The summed E-state index contributed by atoms with van der Waals surface area (Å²) < 4.78 is 6.71. The molecule has 2 aliphatic carbocycles. The summed E-state index contributed by atoms with van der Waals surface area (Å²) in [6.07, 6.45) is 19.4. The molecule has 0 atom stereocenters. The number of hydrogen-bond acceptors (Lipinski definition) is 3. The molecule has 0 saturated heterocycles. The van der Waals surface area contributed by atoms with E-state index in [9.17, 15) is 9.59 Å². The Morgan fingerprint density at radius 1 is 0.359 bits per heavy atom. The number of rotatable bonds is 8. The standard InChI is InChI=1S/3C25H18O.H2/c1-3-10-20(11-4-1)25(21-12-5-2-6-13-21)18-17-23-22-14-8-7-9-19(22)15-16-24(23)26-25;2*26-25-18-15-21-13-7-8-14-23(21)24(25)17-16-22(19-9-3-1-4-10-19)20-11-5-2-6-12-20;/h3*1-18H;1H/b;24-17+;24-17-;/i;;;1+1. The van der Waals surface area contributed by atoms with Gasteiger partial charge in [0.15, 0.2) is 17.2 Å². The summed E-state index contributed by atoms with van der Waals surface area (Å²) in [5, 5.41) is 2.45. The van der Waals surface area contributed by atoms with Crippen LogP contribution in [0.4, 0.5) is 0 Å². The van der Waals surface area contributed by atoms with Crippen LogP contribution in [0.2, 0.25) is 0 Å².